The second-order valence-corrected chi connectivity index (χ2v) is 8.09. The van der Waals surface area contributed by atoms with E-state index in [1.165, 1.54) is 24.8 Å². The number of benzene rings is 1. The van der Waals surface area contributed by atoms with Gasteiger partial charge in [0.2, 0.25) is 0 Å². The number of aromatic hydroxyl groups is 1. The van der Waals surface area contributed by atoms with Crippen LogP contribution in [0.1, 0.15) is 83.3 Å². The maximum atomic E-state index is 10.5. The molecule has 2 unspecified atom stereocenters. The van der Waals surface area contributed by atoms with Gasteiger partial charge in [0.1, 0.15) is 11.5 Å². The predicted octanol–water partition coefficient (Wildman–Crippen LogP) is 8.30. The van der Waals surface area contributed by atoms with Crippen molar-refractivity contribution < 1.29 is 10.2 Å². The summed E-state index contributed by atoms with van der Waals surface area (Å²) in [6.45, 7) is 14.1. The number of hydrogen-bond donors (Lipinski definition) is 2. The molecule has 160 valence electrons. The molecule has 0 aromatic heterocycles. The lowest BCUT2D eigenvalue weighted by Gasteiger charge is -2.26. The van der Waals surface area contributed by atoms with Crippen LogP contribution < -0.4 is 0 Å². The lowest BCUT2D eigenvalue weighted by atomic mass is 9.79. The van der Waals surface area contributed by atoms with Crippen LogP contribution in [0.4, 0.5) is 0 Å². The second-order valence-electron chi connectivity index (χ2n) is 8.09. The van der Waals surface area contributed by atoms with E-state index in [0.29, 0.717) is 23.3 Å². The van der Waals surface area contributed by atoms with E-state index in [2.05, 4.69) is 45.6 Å². The number of aliphatic hydroxyl groups excluding tert-OH is 1. The van der Waals surface area contributed by atoms with E-state index in [9.17, 15) is 10.2 Å². The van der Waals surface area contributed by atoms with Crippen LogP contribution in [0.25, 0.3) is 0 Å². The predicted molar refractivity (Wildman–Crippen MR) is 127 cm³/mol. The molecule has 0 radical (unpaired) electrons. The van der Waals surface area contributed by atoms with Crippen molar-refractivity contribution in [1.82, 2.24) is 0 Å². The Morgan fingerprint density at radius 2 is 1.97 bits per heavy atom. The van der Waals surface area contributed by atoms with Gasteiger partial charge in [0.15, 0.2) is 0 Å². The number of phenolic OH excluding ortho intramolecular Hbond substituents is 1. The summed E-state index contributed by atoms with van der Waals surface area (Å²) in [6, 6.07) is 6.09. The summed E-state index contributed by atoms with van der Waals surface area (Å²) in [5.74, 6) is 1.41. The molecule has 0 spiro atoms. The van der Waals surface area contributed by atoms with Crippen molar-refractivity contribution in [3.63, 3.8) is 0 Å². The van der Waals surface area contributed by atoms with Crippen LogP contribution in [-0.4, -0.2) is 10.2 Å². The first-order valence-corrected chi connectivity index (χ1v) is 11.0. The molecule has 0 heterocycles. The zero-order valence-corrected chi connectivity index (χ0v) is 19.0. The third kappa shape index (κ3) is 7.97. The Hall–Kier alpha value is -2.22. The fourth-order valence-corrected chi connectivity index (χ4v) is 3.80. The molecular weight excluding hydrogens is 356 g/mol. The van der Waals surface area contributed by atoms with Crippen LogP contribution in [0, 0.1) is 12.8 Å². The number of aryl methyl sites for hydroxylation is 1. The Morgan fingerprint density at radius 3 is 2.55 bits per heavy atom. The second kappa shape index (κ2) is 13.1. The van der Waals surface area contributed by atoms with Gasteiger partial charge in [0.25, 0.3) is 0 Å². The highest BCUT2D eigenvalue weighted by molar-refractivity contribution is 5.39. The van der Waals surface area contributed by atoms with Crippen molar-refractivity contribution >= 4 is 0 Å². The Balaban J connectivity index is 3.20. The molecule has 2 atom stereocenters. The van der Waals surface area contributed by atoms with Crippen LogP contribution in [0.3, 0.4) is 0 Å². The zero-order chi connectivity index (χ0) is 21.8. The van der Waals surface area contributed by atoms with Gasteiger partial charge in [-0.25, -0.2) is 0 Å². The fraction of sp³-hybridized carbons (Fsp3) is 0.481. The standard InChI is InChI=1S/C27H40O2/c1-7-10-12-14-20(4)25(26(28)9-3)18-22(6)24(15-13-11-8-2)23-17-16-21(5)27(29)19-23/h7,9,12,14,16-17,19,22,24,28-29H,1,8,10-11,13,15,18H2,2-6H3/b14-12+,25-20-,26-9+. The Kier molecular flexibility index (Phi) is 11.2. The maximum absolute atomic E-state index is 10.5. The largest absolute Gasteiger partial charge is 0.508 e. The molecule has 1 aromatic rings. The Labute approximate surface area is 178 Å². The average molecular weight is 397 g/mol. The highest BCUT2D eigenvalue weighted by Crippen LogP contribution is 2.37. The molecule has 1 aromatic carbocycles. The Bertz CT molecular complexity index is 737. The molecule has 29 heavy (non-hydrogen) atoms. The van der Waals surface area contributed by atoms with Gasteiger partial charge in [0, 0.05) is 0 Å². The van der Waals surface area contributed by atoms with Gasteiger partial charge >= 0.3 is 0 Å². The minimum Gasteiger partial charge on any atom is -0.508 e. The number of unbranched alkanes of at least 4 members (excludes halogenated alkanes) is 2. The molecule has 0 saturated carbocycles. The van der Waals surface area contributed by atoms with E-state index >= 15 is 0 Å². The first kappa shape index (κ1) is 24.8. The molecule has 0 amide bonds. The van der Waals surface area contributed by atoms with Gasteiger partial charge in [-0.3, -0.25) is 0 Å². The number of hydrogen-bond acceptors (Lipinski definition) is 2. The summed E-state index contributed by atoms with van der Waals surface area (Å²) in [6.07, 6.45) is 14.1. The first-order chi connectivity index (χ1) is 13.8. The summed E-state index contributed by atoms with van der Waals surface area (Å²) in [7, 11) is 0. The number of allylic oxidation sites excluding steroid dienone is 6. The van der Waals surface area contributed by atoms with E-state index in [0.717, 1.165) is 36.0 Å². The van der Waals surface area contributed by atoms with Crippen molar-refractivity contribution in [2.24, 2.45) is 5.92 Å². The van der Waals surface area contributed by atoms with Crippen LogP contribution >= 0.6 is 0 Å². The molecule has 0 aliphatic carbocycles. The van der Waals surface area contributed by atoms with E-state index in [4.69, 9.17) is 0 Å². The minimum absolute atomic E-state index is 0.341. The topological polar surface area (TPSA) is 40.5 Å². The molecule has 0 saturated heterocycles. The molecule has 0 bridgehead atoms. The average Bonchev–Trinajstić information content (AvgIpc) is 2.71. The van der Waals surface area contributed by atoms with Gasteiger partial charge in [-0.2, -0.15) is 0 Å². The van der Waals surface area contributed by atoms with Gasteiger partial charge in [-0.05, 0) is 86.3 Å². The molecule has 1 rings (SSSR count). The molecular formula is C27H40O2. The van der Waals surface area contributed by atoms with Crippen molar-refractivity contribution in [1.29, 1.82) is 0 Å². The monoisotopic (exact) mass is 396 g/mol. The summed E-state index contributed by atoms with van der Waals surface area (Å²) < 4.78 is 0. The molecule has 0 fully saturated rings. The van der Waals surface area contributed by atoms with Gasteiger partial charge in [-0.1, -0.05) is 63.5 Å². The van der Waals surface area contributed by atoms with Crippen LogP contribution in [0.5, 0.6) is 5.75 Å². The normalized spacial score (nSPS) is 15.3. The summed E-state index contributed by atoms with van der Waals surface area (Å²) >= 11 is 0. The molecule has 2 nitrogen and oxygen atoms in total. The third-order valence-corrected chi connectivity index (χ3v) is 5.72. The lowest BCUT2D eigenvalue weighted by Crippen LogP contribution is -2.13. The third-order valence-electron chi connectivity index (χ3n) is 5.72. The van der Waals surface area contributed by atoms with E-state index in [-0.39, 0.29) is 0 Å². The summed E-state index contributed by atoms with van der Waals surface area (Å²) in [5, 5.41) is 20.8. The fourth-order valence-electron chi connectivity index (χ4n) is 3.80. The molecule has 0 aliphatic rings. The quantitative estimate of drug-likeness (QED) is 0.161. The SMILES string of the molecule is C=CC/C=C/C(C)=C(CC(C)C(CCCCC)c1ccc(C)c(O)c1)\C(O)=C/C. The number of phenols is 1. The summed E-state index contributed by atoms with van der Waals surface area (Å²) in [4.78, 5) is 0. The minimum atomic E-state index is 0.341. The van der Waals surface area contributed by atoms with E-state index in [1.54, 1.807) is 6.08 Å². The molecule has 2 N–H and O–H groups in total. The smallest absolute Gasteiger partial charge is 0.118 e. The van der Waals surface area contributed by atoms with Crippen LogP contribution in [0.15, 0.2) is 66.0 Å². The van der Waals surface area contributed by atoms with E-state index < -0.39 is 0 Å². The zero-order valence-electron chi connectivity index (χ0n) is 19.0. The van der Waals surface area contributed by atoms with Crippen LogP contribution in [0.2, 0.25) is 0 Å². The van der Waals surface area contributed by atoms with Crippen molar-refractivity contribution in [3.05, 3.63) is 77.1 Å². The number of aliphatic hydroxyl groups is 1. The van der Waals surface area contributed by atoms with Crippen LogP contribution in [-0.2, 0) is 0 Å². The highest BCUT2D eigenvalue weighted by Gasteiger charge is 2.22. The first-order valence-electron chi connectivity index (χ1n) is 11.0. The summed E-state index contributed by atoms with van der Waals surface area (Å²) in [5.41, 5.74) is 4.19. The number of rotatable bonds is 12. The Morgan fingerprint density at radius 1 is 1.24 bits per heavy atom. The lowest BCUT2D eigenvalue weighted by molar-refractivity contribution is 0.380. The van der Waals surface area contributed by atoms with Gasteiger partial charge in [0.05, 0.1) is 0 Å². The van der Waals surface area contributed by atoms with Gasteiger partial charge < -0.3 is 10.2 Å². The van der Waals surface area contributed by atoms with Gasteiger partial charge in [-0.15, -0.1) is 6.58 Å². The highest BCUT2D eigenvalue weighted by atomic mass is 16.3. The molecule has 0 aliphatic heterocycles. The van der Waals surface area contributed by atoms with Crippen molar-refractivity contribution in [2.45, 2.75) is 79.1 Å². The van der Waals surface area contributed by atoms with E-state index in [1.807, 2.05) is 32.1 Å². The maximum Gasteiger partial charge on any atom is 0.118 e. The molecule has 2 heteroatoms. The van der Waals surface area contributed by atoms with Crippen molar-refractivity contribution in [3.8, 4) is 5.75 Å². The van der Waals surface area contributed by atoms with Crippen molar-refractivity contribution in [2.75, 3.05) is 0 Å².